The van der Waals surface area contributed by atoms with E-state index in [9.17, 15) is 4.79 Å². The fraction of sp³-hybridized carbons (Fsp3) is 0.217. The second-order valence-corrected chi connectivity index (χ2v) is 6.61. The number of hydrogen-bond donors (Lipinski definition) is 0. The molecule has 1 aromatic heterocycles. The third-order valence-electron chi connectivity index (χ3n) is 4.39. The maximum Gasteiger partial charge on any atom is 0.255 e. The predicted octanol–water partition coefficient (Wildman–Crippen LogP) is 4.25. The first-order valence-electron chi connectivity index (χ1n) is 9.08. The van der Waals surface area contributed by atoms with Crippen LogP contribution in [-0.2, 0) is 13.2 Å². The van der Waals surface area contributed by atoms with Gasteiger partial charge in [0.25, 0.3) is 5.91 Å². The van der Waals surface area contributed by atoms with Crippen molar-refractivity contribution in [2.45, 2.75) is 20.1 Å². The normalized spacial score (nSPS) is 10.4. The lowest BCUT2D eigenvalue weighted by atomic mass is 10.1. The number of pyridine rings is 1. The van der Waals surface area contributed by atoms with Crippen LogP contribution >= 0.6 is 0 Å². The lowest BCUT2D eigenvalue weighted by Gasteiger charge is -2.18. The van der Waals surface area contributed by atoms with Crippen molar-refractivity contribution in [2.75, 3.05) is 14.2 Å². The number of methoxy groups -OCH3 is 1. The number of aromatic nitrogens is 1. The van der Waals surface area contributed by atoms with Gasteiger partial charge in [-0.15, -0.1) is 0 Å². The third kappa shape index (κ3) is 4.88. The highest BCUT2D eigenvalue weighted by atomic mass is 16.5. The van der Waals surface area contributed by atoms with E-state index >= 15 is 0 Å². The van der Waals surface area contributed by atoms with Crippen LogP contribution in [0.3, 0.4) is 0 Å². The van der Waals surface area contributed by atoms with Gasteiger partial charge in [-0.3, -0.25) is 9.78 Å². The van der Waals surface area contributed by atoms with Gasteiger partial charge < -0.3 is 14.4 Å². The zero-order valence-corrected chi connectivity index (χ0v) is 16.4. The second-order valence-electron chi connectivity index (χ2n) is 6.61. The Labute approximate surface area is 165 Å². The summed E-state index contributed by atoms with van der Waals surface area (Å²) in [6, 6.07) is 19.3. The van der Waals surface area contributed by atoms with Crippen LogP contribution in [0.2, 0.25) is 0 Å². The number of rotatable bonds is 7. The summed E-state index contributed by atoms with van der Waals surface area (Å²) >= 11 is 0. The van der Waals surface area contributed by atoms with E-state index in [0.717, 1.165) is 16.8 Å². The van der Waals surface area contributed by atoms with Crippen molar-refractivity contribution >= 4 is 5.91 Å². The Hall–Kier alpha value is -3.34. The Morgan fingerprint density at radius 3 is 2.46 bits per heavy atom. The molecule has 0 aliphatic rings. The molecule has 3 aromatic rings. The minimum Gasteiger partial charge on any atom is -0.493 e. The summed E-state index contributed by atoms with van der Waals surface area (Å²) in [7, 11) is 3.38. The SMILES string of the molecule is COc1cc(CN(C)C(=O)c2ccc(C)nc2)ccc1OCc1ccccc1. The van der Waals surface area contributed by atoms with Crippen LogP contribution in [0.15, 0.2) is 66.9 Å². The molecular formula is C23H24N2O3. The monoisotopic (exact) mass is 376 g/mol. The molecule has 0 radical (unpaired) electrons. The molecule has 0 spiro atoms. The minimum atomic E-state index is -0.0733. The van der Waals surface area contributed by atoms with E-state index in [1.54, 1.807) is 31.3 Å². The number of carbonyl (C=O) groups excluding carboxylic acids is 1. The number of nitrogens with zero attached hydrogens (tertiary/aromatic N) is 2. The molecule has 0 aliphatic heterocycles. The van der Waals surface area contributed by atoms with E-state index in [-0.39, 0.29) is 5.91 Å². The average Bonchev–Trinajstić information content (AvgIpc) is 2.73. The molecule has 5 nitrogen and oxygen atoms in total. The van der Waals surface area contributed by atoms with Crippen molar-refractivity contribution in [1.82, 2.24) is 9.88 Å². The molecule has 0 atom stereocenters. The topological polar surface area (TPSA) is 51.7 Å². The van der Waals surface area contributed by atoms with E-state index in [4.69, 9.17) is 9.47 Å². The van der Waals surface area contributed by atoms with Crippen molar-refractivity contribution in [3.05, 3.63) is 89.2 Å². The smallest absolute Gasteiger partial charge is 0.255 e. The van der Waals surface area contributed by atoms with Gasteiger partial charge in [-0.25, -0.2) is 0 Å². The Morgan fingerprint density at radius 2 is 1.79 bits per heavy atom. The highest BCUT2D eigenvalue weighted by molar-refractivity contribution is 5.93. The Kier molecular flexibility index (Phi) is 6.27. The average molecular weight is 376 g/mol. The Balaban J connectivity index is 1.67. The summed E-state index contributed by atoms with van der Waals surface area (Å²) in [5.41, 5.74) is 3.50. The maximum absolute atomic E-state index is 12.6. The molecule has 0 fully saturated rings. The summed E-state index contributed by atoms with van der Waals surface area (Å²) in [6.45, 7) is 2.82. The number of hydrogen-bond acceptors (Lipinski definition) is 4. The van der Waals surface area contributed by atoms with Crippen LogP contribution in [0.25, 0.3) is 0 Å². The molecule has 0 saturated heterocycles. The Bertz CT molecular complexity index is 924. The summed E-state index contributed by atoms with van der Waals surface area (Å²) < 4.78 is 11.4. The van der Waals surface area contributed by atoms with E-state index in [1.165, 1.54) is 0 Å². The quantitative estimate of drug-likeness (QED) is 0.619. The molecule has 0 saturated carbocycles. The van der Waals surface area contributed by atoms with Gasteiger partial charge in [-0.1, -0.05) is 36.4 Å². The molecule has 2 aromatic carbocycles. The van der Waals surface area contributed by atoms with Crippen molar-refractivity contribution in [3.8, 4) is 11.5 Å². The van der Waals surface area contributed by atoms with E-state index in [1.807, 2.05) is 61.5 Å². The van der Waals surface area contributed by atoms with Gasteiger partial charge in [-0.05, 0) is 42.3 Å². The van der Waals surface area contributed by atoms with Gasteiger partial charge in [-0.2, -0.15) is 0 Å². The van der Waals surface area contributed by atoms with Gasteiger partial charge in [0.15, 0.2) is 11.5 Å². The van der Waals surface area contributed by atoms with Gasteiger partial charge in [0.05, 0.1) is 12.7 Å². The van der Waals surface area contributed by atoms with Crippen molar-refractivity contribution in [2.24, 2.45) is 0 Å². The van der Waals surface area contributed by atoms with E-state index in [2.05, 4.69) is 4.98 Å². The van der Waals surface area contributed by atoms with Gasteiger partial charge in [0, 0.05) is 25.5 Å². The first-order chi connectivity index (χ1) is 13.6. The Morgan fingerprint density at radius 1 is 1.00 bits per heavy atom. The molecule has 0 N–H and O–H groups in total. The zero-order chi connectivity index (χ0) is 19.9. The predicted molar refractivity (Wildman–Crippen MR) is 109 cm³/mol. The highest BCUT2D eigenvalue weighted by Crippen LogP contribution is 2.29. The fourth-order valence-electron chi connectivity index (χ4n) is 2.83. The van der Waals surface area contributed by atoms with E-state index in [0.29, 0.717) is 30.2 Å². The van der Waals surface area contributed by atoms with Gasteiger partial charge in [0.1, 0.15) is 6.61 Å². The lowest BCUT2D eigenvalue weighted by molar-refractivity contribution is 0.0784. The number of carbonyl (C=O) groups is 1. The molecule has 3 rings (SSSR count). The number of amides is 1. The number of ether oxygens (including phenoxy) is 2. The number of aryl methyl sites for hydroxylation is 1. The molecule has 0 unspecified atom stereocenters. The lowest BCUT2D eigenvalue weighted by Crippen LogP contribution is -2.26. The molecule has 0 aliphatic carbocycles. The second kappa shape index (κ2) is 9.04. The number of benzene rings is 2. The molecule has 5 heteroatoms. The van der Waals surface area contributed by atoms with Crippen LogP contribution in [0, 0.1) is 6.92 Å². The standard InChI is InChI=1S/C23H24N2O3/c1-17-9-11-20(14-24-17)23(26)25(2)15-19-10-12-21(22(13-19)27-3)28-16-18-7-5-4-6-8-18/h4-14H,15-16H2,1-3H3. The third-order valence-corrected chi connectivity index (χ3v) is 4.39. The van der Waals surface area contributed by atoms with Crippen LogP contribution in [-0.4, -0.2) is 29.9 Å². The molecule has 28 heavy (non-hydrogen) atoms. The van der Waals surface area contributed by atoms with Crippen LogP contribution in [0.5, 0.6) is 11.5 Å². The molecule has 1 amide bonds. The van der Waals surface area contributed by atoms with E-state index < -0.39 is 0 Å². The van der Waals surface area contributed by atoms with Gasteiger partial charge in [0.2, 0.25) is 0 Å². The largest absolute Gasteiger partial charge is 0.493 e. The first kappa shape index (κ1) is 19.4. The maximum atomic E-state index is 12.6. The van der Waals surface area contributed by atoms with Gasteiger partial charge >= 0.3 is 0 Å². The van der Waals surface area contributed by atoms with Crippen LogP contribution < -0.4 is 9.47 Å². The molecule has 0 bridgehead atoms. The summed E-state index contributed by atoms with van der Waals surface area (Å²) in [5.74, 6) is 1.24. The summed E-state index contributed by atoms with van der Waals surface area (Å²) in [6.07, 6.45) is 1.61. The van der Waals surface area contributed by atoms with Crippen molar-refractivity contribution in [3.63, 3.8) is 0 Å². The van der Waals surface area contributed by atoms with Crippen molar-refractivity contribution in [1.29, 1.82) is 0 Å². The van der Waals surface area contributed by atoms with Crippen LogP contribution in [0.4, 0.5) is 0 Å². The highest BCUT2D eigenvalue weighted by Gasteiger charge is 2.14. The molecular weight excluding hydrogens is 352 g/mol. The molecule has 1 heterocycles. The molecule has 144 valence electrons. The first-order valence-corrected chi connectivity index (χ1v) is 9.08. The van der Waals surface area contributed by atoms with Crippen molar-refractivity contribution < 1.29 is 14.3 Å². The summed E-state index contributed by atoms with van der Waals surface area (Å²) in [4.78, 5) is 18.4. The summed E-state index contributed by atoms with van der Waals surface area (Å²) in [5, 5.41) is 0. The zero-order valence-electron chi connectivity index (χ0n) is 16.4. The minimum absolute atomic E-state index is 0.0733. The van der Waals surface area contributed by atoms with Crippen LogP contribution in [0.1, 0.15) is 27.2 Å². The fourth-order valence-corrected chi connectivity index (χ4v) is 2.83.